The predicted molar refractivity (Wildman–Crippen MR) is 120 cm³/mol. The minimum atomic E-state index is -0.0421. The Labute approximate surface area is 180 Å². The largest absolute Gasteiger partial charge is 0.352 e. The van der Waals surface area contributed by atoms with Crippen molar-refractivity contribution in [2.45, 2.75) is 70.1 Å². The predicted octanol–water partition coefficient (Wildman–Crippen LogP) is 3.63. The molecule has 1 aliphatic carbocycles. The average Bonchev–Trinajstić information content (AvgIpc) is 3.18. The first-order valence-corrected chi connectivity index (χ1v) is 11.9. The Morgan fingerprint density at radius 3 is 2.83 bits per heavy atom. The Balaban J connectivity index is 1.61. The zero-order valence-corrected chi connectivity index (χ0v) is 18.5. The summed E-state index contributed by atoms with van der Waals surface area (Å²) in [5, 5.41) is 13.1. The topological polar surface area (TPSA) is 81.3 Å². The number of nitrogens with one attached hydrogen (secondary N) is 1. The molecule has 3 aromatic rings. The van der Waals surface area contributed by atoms with Crippen molar-refractivity contribution >= 4 is 34.3 Å². The number of hydrogen-bond acceptors (Lipinski definition) is 5. The molecule has 2 heterocycles. The molecule has 2 aromatic heterocycles. The van der Waals surface area contributed by atoms with Gasteiger partial charge in [-0.25, -0.2) is 0 Å². The molecule has 160 valence electrons. The highest BCUT2D eigenvalue weighted by molar-refractivity contribution is 7.99. The maximum atomic E-state index is 13.0. The quantitative estimate of drug-likeness (QED) is 0.582. The summed E-state index contributed by atoms with van der Waals surface area (Å²) in [4.78, 5) is 25.6. The molecule has 1 fully saturated rings. The van der Waals surface area contributed by atoms with Crippen LogP contribution < -0.4 is 10.9 Å². The minimum Gasteiger partial charge on any atom is -0.352 e. The third-order valence-electron chi connectivity index (χ3n) is 6.00. The van der Waals surface area contributed by atoms with Gasteiger partial charge in [0, 0.05) is 12.6 Å². The fraction of sp³-hybridized carbons (Fsp3) is 0.545. The maximum Gasteiger partial charge on any atom is 0.262 e. The SMILES string of the molecule is CCCCn1c(=O)c2ccccc2n2c(SCC(=O)N[C@@H]3CCCC[C@@H]3C)nnc12. The van der Waals surface area contributed by atoms with Crippen LogP contribution in [0.1, 0.15) is 52.4 Å². The molecule has 7 nitrogen and oxygen atoms in total. The number of para-hydroxylation sites is 1. The summed E-state index contributed by atoms with van der Waals surface area (Å²) < 4.78 is 3.61. The fourth-order valence-electron chi connectivity index (χ4n) is 4.25. The van der Waals surface area contributed by atoms with Crippen LogP contribution in [0.2, 0.25) is 0 Å². The third-order valence-corrected chi connectivity index (χ3v) is 6.93. The first kappa shape index (κ1) is 20.9. The van der Waals surface area contributed by atoms with E-state index in [0.29, 0.717) is 28.8 Å². The molecule has 0 saturated heterocycles. The molecule has 1 saturated carbocycles. The molecule has 1 aromatic carbocycles. The number of thioether (sulfide) groups is 1. The van der Waals surface area contributed by atoms with E-state index in [-0.39, 0.29) is 23.3 Å². The van der Waals surface area contributed by atoms with Gasteiger partial charge in [-0.1, -0.05) is 57.0 Å². The van der Waals surface area contributed by atoms with Gasteiger partial charge in [0.15, 0.2) is 5.16 Å². The van der Waals surface area contributed by atoms with Crippen LogP contribution in [-0.4, -0.2) is 36.9 Å². The summed E-state index contributed by atoms with van der Waals surface area (Å²) >= 11 is 1.37. The second-order valence-electron chi connectivity index (χ2n) is 8.17. The summed E-state index contributed by atoms with van der Waals surface area (Å²) in [6.45, 7) is 4.91. The number of benzene rings is 1. The molecule has 4 rings (SSSR count). The highest BCUT2D eigenvalue weighted by Gasteiger charge is 2.23. The molecular formula is C22H29N5O2S. The second kappa shape index (κ2) is 9.20. The van der Waals surface area contributed by atoms with Gasteiger partial charge >= 0.3 is 0 Å². The number of unbranched alkanes of at least 4 members (excludes halogenated alkanes) is 1. The van der Waals surface area contributed by atoms with Gasteiger partial charge in [0.2, 0.25) is 11.7 Å². The molecule has 8 heteroatoms. The van der Waals surface area contributed by atoms with E-state index in [0.717, 1.165) is 24.8 Å². The van der Waals surface area contributed by atoms with E-state index >= 15 is 0 Å². The number of amides is 1. The van der Waals surface area contributed by atoms with Crippen LogP contribution >= 0.6 is 11.8 Å². The summed E-state index contributed by atoms with van der Waals surface area (Å²) in [5.74, 6) is 1.38. The number of hydrogen-bond donors (Lipinski definition) is 1. The van der Waals surface area contributed by atoms with Crippen LogP contribution in [0.3, 0.4) is 0 Å². The minimum absolute atomic E-state index is 0.0270. The monoisotopic (exact) mass is 427 g/mol. The Kier molecular flexibility index (Phi) is 6.41. The summed E-state index contributed by atoms with van der Waals surface area (Å²) in [5.41, 5.74) is 0.735. The summed E-state index contributed by atoms with van der Waals surface area (Å²) in [6.07, 6.45) is 6.54. The molecule has 1 aliphatic rings. The van der Waals surface area contributed by atoms with Crippen LogP contribution in [0.5, 0.6) is 0 Å². The van der Waals surface area contributed by atoms with Gasteiger partial charge in [0.25, 0.3) is 5.56 Å². The van der Waals surface area contributed by atoms with Crippen molar-refractivity contribution in [1.82, 2.24) is 24.5 Å². The smallest absolute Gasteiger partial charge is 0.262 e. The van der Waals surface area contributed by atoms with Crippen LogP contribution in [0.15, 0.2) is 34.2 Å². The molecule has 0 radical (unpaired) electrons. The van der Waals surface area contributed by atoms with Crippen molar-refractivity contribution in [2.24, 2.45) is 5.92 Å². The van der Waals surface area contributed by atoms with Crippen molar-refractivity contribution in [1.29, 1.82) is 0 Å². The Morgan fingerprint density at radius 2 is 2.03 bits per heavy atom. The lowest BCUT2D eigenvalue weighted by Crippen LogP contribution is -2.41. The van der Waals surface area contributed by atoms with E-state index in [1.165, 1.54) is 31.0 Å². The van der Waals surface area contributed by atoms with E-state index in [1.807, 2.05) is 28.7 Å². The first-order valence-electron chi connectivity index (χ1n) is 10.9. The van der Waals surface area contributed by atoms with Gasteiger partial charge in [0.05, 0.1) is 16.7 Å². The van der Waals surface area contributed by atoms with Crippen LogP contribution in [-0.2, 0) is 11.3 Å². The molecule has 2 atom stereocenters. The van der Waals surface area contributed by atoms with E-state index in [9.17, 15) is 9.59 Å². The standard InChI is InChI=1S/C22H29N5O2S/c1-3-4-13-26-20(29)16-10-6-8-12-18(16)27-21(26)24-25-22(27)30-14-19(28)23-17-11-7-5-9-15(17)2/h6,8,10,12,15,17H,3-5,7,9,11,13-14H2,1-2H3,(H,23,28)/t15-,17+/m0/s1. The fourth-order valence-corrected chi connectivity index (χ4v) is 5.01. The highest BCUT2D eigenvalue weighted by Crippen LogP contribution is 2.25. The van der Waals surface area contributed by atoms with E-state index in [1.54, 1.807) is 4.57 Å². The van der Waals surface area contributed by atoms with Gasteiger partial charge in [-0.05, 0) is 37.3 Å². The molecule has 0 aliphatic heterocycles. The lowest BCUT2D eigenvalue weighted by Gasteiger charge is -2.29. The van der Waals surface area contributed by atoms with E-state index in [4.69, 9.17) is 0 Å². The number of carbonyl (C=O) groups excluding carboxylic acids is 1. The van der Waals surface area contributed by atoms with Crippen LogP contribution in [0.25, 0.3) is 16.7 Å². The third kappa shape index (κ3) is 4.10. The van der Waals surface area contributed by atoms with Gasteiger partial charge < -0.3 is 5.32 Å². The van der Waals surface area contributed by atoms with Crippen LogP contribution in [0, 0.1) is 5.92 Å². The Morgan fingerprint density at radius 1 is 1.23 bits per heavy atom. The lowest BCUT2D eigenvalue weighted by molar-refractivity contribution is -0.119. The lowest BCUT2D eigenvalue weighted by atomic mass is 9.86. The second-order valence-corrected chi connectivity index (χ2v) is 9.11. The Bertz CT molecular complexity index is 1110. The van der Waals surface area contributed by atoms with E-state index in [2.05, 4.69) is 29.4 Å². The maximum absolute atomic E-state index is 13.0. The molecule has 30 heavy (non-hydrogen) atoms. The summed E-state index contributed by atoms with van der Waals surface area (Å²) in [7, 11) is 0. The van der Waals surface area contributed by atoms with E-state index < -0.39 is 0 Å². The highest BCUT2D eigenvalue weighted by atomic mass is 32.2. The molecule has 0 bridgehead atoms. The van der Waals surface area contributed by atoms with Gasteiger partial charge in [-0.15, -0.1) is 10.2 Å². The number of nitrogens with zero attached hydrogens (tertiary/aromatic N) is 4. The van der Waals surface area contributed by atoms with Crippen molar-refractivity contribution in [2.75, 3.05) is 5.75 Å². The summed E-state index contributed by atoms with van der Waals surface area (Å²) in [6, 6.07) is 7.79. The number of carbonyl (C=O) groups is 1. The van der Waals surface area contributed by atoms with Crippen molar-refractivity contribution in [3.63, 3.8) is 0 Å². The number of rotatable bonds is 7. The number of aryl methyl sites for hydroxylation is 1. The van der Waals surface area contributed by atoms with Crippen molar-refractivity contribution in [3.8, 4) is 0 Å². The number of aromatic nitrogens is 4. The van der Waals surface area contributed by atoms with Crippen molar-refractivity contribution in [3.05, 3.63) is 34.6 Å². The molecular weight excluding hydrogens is 398 g/mol. The van der Waals surface area contributed by atoms with Crippen LogP contribution in [0.4, 0.5) is 0 Å². The first-order chi connectivity index (χ1) is 14.6. The molecule has 1 amide bonds. The average molecular weight is 428 g/mol. The molecule has 1 N–H and O–H groups in total. The zero-order chi connectivity index (χ0) is 21.1. The van der Waals surface area contributed by atoms with Crippen molar-refractivity contribution < 1.29 is 4.79 Å². The van der Waals surface area contributed by atoms with Gasteiger partial charge in [0.1, 0.15) is 0 Å². The van der Waals surface area contributed by atoms with Gasteiger partial charge in [-0.3, -0.25) is 18.6 Å². The molecule has 0 spiro atoms. The molecule has 0 unspecified atom stereocenters. The normalized spacial score (nSPS) is 19.4. The zero-order valence-electron chi connectivity index (χ0n) is 17.6. The van der Waals surface area contributed by atoms with Gasteiger partial charge in [-0.2, -0.15) is 0 Å². The number of fused-ring (bicyclic) bond motifs is 3. The Hall–Kier alpha value is -2.35.